The minimum atomic E-state index is -4.28. The average Bonchev–Trinajstić information content (AvgIpc) is 2.39. The Morgan fingerprint density at radius 3 is 2.40 bits per heavy atom. The molecule has 1 aromatic carbocycles. The van der Waals surface area contributed by atoms with E-state index in [4.69, 9.17) is 5.84 Å². The fourth-order valence-electron chi connectivity index (χ4n) is 1.94. The lowest BCUT2D eigenvalue weighted by atomic mass is 10.0. The Morgan fingerprint density at radius 1 is 1.25 bits per heavy atom. The molecule has 0 saturated heterocycles. The molecule has 0 aliphatic heterocycles. The smallest absolute Gasteiger partial charge is 0.372 e. The van der Waals surface area contributed by atoms with Crippen molar-refractivity contribution in [1.29, 1.82) is 0 Å². The highest BCUT2D eigenvalue weighted by Gasteiger charge is 2.27. The lowest BCUT2D eigenvalue weighted by Gasteiger charge is -2.17. The van der Waals surface area contributed by atoms with Crippen LogP contribution in [0.3, 0.4) is 0 Å². The van der Waals surface area contributed by atoms with E-state index in [1.54, 1.807) is 0 Å². The van der Waals surface area contributed by atoms with Gasteiger partial charge in [0.15, 0.2) is 0 Å². The number of alkyl halides is 3. The summed E-state index contributed by atoms with van der Waals surface area (Å²) in [5, 5.41) is 0. The summed E-state index contributed by atoms with van der Waals surface area (Å²) in [4.78, 5) is 0. The molecule has 0 aliphatic rings. The van der Waals surface area contributed by atoms with Gasteiger partial charge in [0.25, 0.3) is 0 Å². The maximum atomic E-state index is 11.9. The number of ether oxygens (including phenoxy) is 1. The van der Waals surface area contributed by atoms with Crippen LogP contribution in [0.1, 0.15) is 36.9 Å². The predicted molar refractivity (Wildman–Crippen MR) is 72.0 cm³/mol. The zero-order valence-corrected chi connectivity index (χ0v) is 11.5. The zero-order valence-electron chi connectivity index (χ0n) is 11.5. The molecule has 0 radical (unpaired) electrons. The van der Waals surface area contributed by atoms with Gasteiger partial charge in [0.1, 0.15) is 6.61 Å². The SMILES string of the molecule is CCCc1ccc(C(CCOCC(F)(F)F)NN)cc1. The highest BCUT2D eigenvalue weighted by Crippen LogP contribution is 2.19. The molecular formula is C14H21F3N2O. The Hall–Kier alpha value is -1.11. The zero-order chi connectivity index (χ0) is 15.0. The normalized spacial score (nSPS) is 13.4. The van der Waals surface area contributed by atoms with Crippen LogP contribution in [0.15, 0.2) is 24.3 Å². The molecule has 3 N–H and O–H groups in total. The third-order valence-electron chi connectivity index (χ3n) is 2.94. The summed E-state index contributed by atoms with van der Waals surface area (Å²) < 4.78 is 40.4. The fraction of sp³-hybridized carbons (Fsp3) is 0.571. The van der Waals surface area contributed by atoms with Gasteiger partial charge >= 0.3 is 6.18 Å². The van der Waals surface area contributed by atoms with Gasteiger partial charge in [-0.15, -0.1) is 0 Å². The first-order valence-corrected chi connectivity index (χ1v) is 6.65. The van der Waals surface area contributed by atoms with Gasteiger partial charge in [-0.2, -0.15) is 13.2 Å². The van der Waals surface area contributed by atoms with E-state index in [2.05, 4.69) is 17.1 Å². The molecular weight excluding hydrogens is 269 g/mol. The lowest BCUT2D eigenvalue weighted by molar-refractivity contribution is -0.174. The third-order valence-corrected chi connectivity index (χ3v) is 2.94. The van der Waals surface area contributed by atoms with Crippen molar-refractivity contribution in [2.75, 3.05) is 13.2 Å². The van der Waals surface area contributed by atoms with Crippen molar-refractivity contribution >= 4 is 0 Å². The van der Waals surface area contributed by atoms with E-state index in [-0.39, 0.29) is 12.6 Å². The van der Waals surface area contributed by atoms with Crippen LogP contribution < -0.4 is 11.3 Å². The minimum Gasteiger partial charge on any atom is -0.372 e. The van der Waals surface area contributed by atoms with Gasteiger partial charge in [-0.3, -0.25) is 11.3 Å². The standard InChI is InChI=1S/C14H21F3N2O/c1-2-3-11-4-6-12(7-5-11)13(19-18)8-9-20-10-14(15,16)17/h4-7,13,19H,2-3,8-10,18H2,1H3. The van der Waals surface area contributed by atoms with Crippen LogP contribution >= 0.6 is 0 Å². The van der Waals surface area contributed by atoms with Gasteiger partial charge < -0.3 is 4.74 Å². The summed E-state index contributed by atoms with van der Waals surface area (Å²) in [7, 11) is 0. The molecule has 0 saturated carbocycles. The van der Waals surface area contributed by atoms with Crippen molar-refractivity contribution in [3.05, 3.63) is 35.4 Å². The second kappa shape index (κ2) is 8.24. The highest BCUT2D eigenvalue weighted by atomic mass is 19.4. The molecule has 1 atom stereocenters. The van der Waals surface area contributed by atoms with Crippen molar-refractivity contribution < 1.29 is 17.9 Å². The number of hydrazine groups is 1. The first-order chi connectivity index (χ1) is 9.46. The van der Waals surface area contributed by atoms with E-state index in [0.717, 1.165) is 18.4 Å². The quantitative estimate of drug-likeness (QED) is 0.439. The van der Waals surface area contributed by atoms with Crippen LogP contribution in [-0.2, 0) is 11.2 Å². The lowest BCUT2D eigenvalue weighted by Crippen LogP contribution is -2.29. The Balaban J connectivity index is 2.45. The number of aryl methyl sites for hydroxylation is 1. The number of hydrogen-bond donors (Lipinski definition) is 2. The van der Waals surface area contributed by atoms with Gasteiger partial charge in [-0.1, -0.05) is 37.6 Å². The van der Waals surface area contributed by atoms with Gasteiger partial charge in [0, 0.05) is 12.6 Å². The second-order valence-corrected chi connectivity index (χ2v) is 4.67. The molecule has 0 aliphatic carbocycles. The Bertz CT molecular complexity index is 379. The summed E-state index contributed by atoms with van der Waals surface area (Å²) >= 11 is 0. The molecule has 0 bridgehead atoms. The average molecular weight is 290 g/mol. The number of benzene rings is 1. The fourth-order valence-corrected chi connectivity index (χ4v) is 1.94. The van der Waals surface area contributed by atoms with Gasteiger partial charge in [-0.25, -0.2) is 0 Å². The van der Waals surface area contributed by atoms with Crippen LogP contribution in [-0.4, -0.2) is 19.4 Å². The van der Waals surface area contributed by atoms with Crippen LogP contribution in [0.2, 0.25) is 0 Å². The molecule has 20 heavy (non-hydrogen) atoms. The molecule has 6 heteroatoms. The minimum absolute atomic E-state index is 0.00505. The van der Waals surface area contributed by atoms with Crippen molar-refractivity contribution in [3.8, 4) is 0 Å². The number of rotatable bonds is 8. The van der Waals surface area contributed by atoms with E-state index in [9.17, 15) is 13.2 Å². The molecule has 1 rings (SSSR count). The van der Waals surface area contributed by atoms with Crippen LogP contribution in [0.5, 0.6) is 0 Å². The van der Waals surface area contributed by atoms with E-state index in [0.29, 0.717) is 6.42 Å². The van der Waals surface area contributed by atoms with Crippen molar-refractivity contribution in [2.45, 2.75) is 38.4 Å². The van der Waals surface area contributed by atoms with Crippen LogP contribution in [0.25, 0.3) is 0 Å². The highest BCUT2D eigenvalue weighted by molar-refractivity contribution is 5.25. The molecule has 0 amide bonds. The molecule has 0 heterocycles. The number of hydrogen-bond acceptors (Lipinski definition) is 3. The number of nitrogens with two attached hydrogens (primary N) is 1. The van der Waals surface area contributed by atoms with Gasteiger partial charge in [0.05, 0.1) is 0 Å². The van der Waals surface area contributed by atoms with Crippen molar-refractivity contribution in [1.82, 2.24) is 5.43 Å². The molecule has 1 unspecified atom stereocenters. The Morgan fingerprint density at radius 2 is 1.90 bits per heavy atom. The first kappa shape index (κ1) is 16.9. The summed E-state index contributed by atoms with van der Waals surface area (Å²) in [5.74, 6) is 5.44. The number of halogens is 3. The van der Waals surface area contributed by atoms with Crippen LogP contribution in [0, 0.1) is 0 Å². The van der Waals surface area contributed by atoms with E-state index in [1.165, 1.54) is 5.56 Å². The van der Waals surface area contributed by atoms with E-state index < -0.39 is 12.8 Å². The number of nitrogens with one attached hydrogen (secondary N) is 1. The molecule has 114 valence electrons. The summed E-state index contributed by atoms with van der Waals surface area (Å²) in [6, 6.07) is 7.71. The van der Waals surface area contributed by atoms with Crippen LogP contribution in [0.4, 0.5) is 13.2 Å². The van der Waals surface area contributed by atoms with Crippen molar-refractivity contribution in [2.24, 2.45) is 5.84 Å². The maximum absolute atomic E-state index is 11.9. The summed E-state index contributed by atoms with van der Waals surface area (Å²) in [5.41, 5.74) is 4.79. The molecule has 0 fully saturated rings. The first-order valence-electron chi connectivity index (χ1n) is 6.65. The second-order valence-electron chi connectivity index (χ2n) is 4.67. The molecule has 3 nitrogen and oxygen atoms in total. The topological polar surface area (TPSA) is 47.3 Å². The largest absolute Gasteiger partial charge is 0.411 e. The maximum Gasteiger partial charge on any atom is 0.411 e. The predicted octanol–water partition coefficient (Wildman–Crippen LogP) is 3.11. The Kier molecular flexibility index (Phi) is 6.98. The van der Waals surface area contributed by atoms with E-state index in [1.807, 2.05) is 24.3 Å². The van der Waals surface area contributed by atoms with Gasteiger partial charge in [0.2, 0.25) is 0 Å². The van der Waals surface area contributed by atoms with Crippen molar-refractivity contribution in [3.63, 3.8) is 0 Å². The molecule has 0 spiro atoms. The summed E-state index contributed by atoms with van der Waals surface area (Å²) in [6.07, 6.45) is -1.81. The summed E-state index contributed by atoms with van der Waals surface area (Å²) in [6.45, 7) is 0.890. The molecule has 1 aromatic rings. The molecule has 0 aromatic heterocycles. The third kappa shape index (κ3) is 6.36. The Labute approximate surface area is 117 Å². The van der Waals surface area contributed by atoms with Gasteiger partial charge in [-0.05, 0) is 24.0 Å². The van der Waals surface area contributed by atoms with E-state index >= 15 is 0 Å². The monoisotopic (exact) mass is 290 g/mol.